The SMILES string of the molecule is C[C@@H](Sc1n[nH]c(-c2ccccc2)n1)C(=O)NCCC1=CCCCC1. The molecule has 2 N–H and O–H groups in total. The zero-order valence-corrected chi connectivity index (χ0v) is 15.3. The largest absolute Gasteiger partial charge is 0.355 e. The molecule has 0 aliphatic heterocycles. The number of amides is 1. The van der Waals surface area contributed by atoms with Crippen LogP contribution >= 0.6 is 11.8 Å². The average Bonchev–Trinajstić information content (AvgIpc) is 3.12. The molecule has 0 spiro atoms. The number of aromatic nitrogens is 3. The summed E-state index contributed by atoms with van der Waals surface area (Å²) < 4.78 is 0. The molecular weight excluding hydrogens is 332 g/mol. The van der Waals surface area contributed by atoms with Gasteiger partial charge >= 0.3 is 0 Å². The van der Waals surface area contributed by atoms with Crippen molar-refractivity contribution in [3.05, 3.63) is 42.0 Å². The Kier molecular flexibility index (Phi) is 6.28. The predicted molar refractivity (Wildman–Crippen MR) is 101 cm³/mol. The maximum Gasteiger partial charge on any atom is 0.233 e. The monoisotopic (exact) mass is 356 g/mol. The molecule has 0 bridgehead atoms. The minimum absolute atomic E-state index is 0.0347. The van der Waals surface area contributed by atoms with Gasteiger partial charge in [0, 0.05) is 12.1 Å². The highest BCUT2D eigenvalue weighted by molar-refractivity contribution is 8.00. The first-order valence-corrected chi connectivity index (χ1v) is 9.70. The van der Waals surface area contributed by atoms with Gasteiger partial charge in [-0.15, -0.1) is 5.10 Å². The molecule has 5 nitrogen and oxygen atoms in total. The van der Waals surface area contributed by atoms with E-state index >= 15 is 0 Å². The van der Waals surface area contributed by atoms with Gasteiger partial charge in [0.25, 0.3) is 0 Å². The number of hydrogen-bond donors (Lipinski definition) is 2. The van der Waals surface area contributed by atoms with Crippen molar-refractivity contribution >= 4 is 17.7 Å². The van der Waals surface area contributed by atoms with Gasteiger partial charge in [-0.25, -0.2) is 4.98 Å². The smallest absolute Gasteiger partial charge is 0.233 e. The Morgan fingerprint density at radius 1 is 1.32 bits per heavy atom. The molecule has 25 heavy (non-hydrogen) atoms. The summed E-state index contributed by atoms with van der Waals surface area (Å²) >= 11 is 1.37. The van der Waals surface area contributed by atoms with Crippen molar-refractivity contribution in [1.29, 1.82) is 0 Å². The number of thioether (sulfide) groups is 1. The van der Waals surface area contributed by atoms with Gasteiger partial charge in [0.2, 0.25) is 11.1 Å². The summed E-state index contributed by atoms with van der Waals surface area (Å²) in [6, 6.07) is 9.84. The third kappa shape index (κ3) is 5.19. The molecule has 1 aliphatic carbocycles. The van der Waals surface area contributed by atoms with Gasteiger partial charge < -0.3 is 5.32 Å². The highest BCUT2D eigenvalue weighted by Crippen LogP contribution is 2.23. The van der Waals surface area contributed by atoms with Crippen molar-refractivity contribution in [3.8, 4) is 11.4 Å². The Labute approximate surface area is 152 Å². The third-order valence-electron chi connectivity index (χ3n) is 4.29. The topological polar surface area (TPSA) is 70.7 Å². The molecule has 0 saturated heterocycles. The second kappa shape index (κ2) is 8.85. The maximum absolute atomic E-state index is 12.2. The van der Waals surface area contributed by atoms with Gasteiger partial charge in [0.15, 0.2) is 5.82 Å². The van der Waals surface area contributed by atoms with Gasteiger partial charge in [-0.05, 0) is 39.0 Å². The Morgan fingerprint density at radius 2 is 2.16 bits per heavy atom. The molecule has 0 fully saturated rings. The normalized spacial score (nSPS) is 15.5. The van der Waals surface area contributed by atoms with Crippen LogP contribution in [0.1, 0.15) is 39.0 Å². The molecule has 1 aromatic carbocycles. The second-order valence-corrected chi connectivity index (χ2v) is 7.55. The van der Waals surface area contributed by atoms with E-state index in [9.17, 15) is 4.79 Å². The minimum atomic E-state index is -0.222. The number of benzene rings is 1. The fraction of sp³-hybridized carbons (Fsp3) is 0.421. The van der Waals surface area contributed by atoms with Crippen molar-refractivity contribution in [2.45, 2.75) is 49.4 Å². The molecular formula is C19H24N4OS. The lowest BCUT2D eigenvalue weighted by Crippen LogP contribution is -2.32. The lowest BCUT2D eigenvalue weighted by molar-refractivity contribution is -0.120. The van der Waals surface area contributed by atoms with Crippen LogP contribution < -0.4 is 5.32 Å². The predicted octanol–water partition coefficient (Wildman–Crippen LogP) is 3.96. The third-order valence-corrected chi connectivity index (χ3v) is 5.25. The van der Waals surface area contributed by atoms with Gasteiger partial charge in [0.05, 0.1) is 5.25 Å². The summed E-state index contributed by atoms with van der Waals surface area (Å²) in [5.41, 5.74) is 2.47. The average molecular weight is 356 g/mol. The van der Waals surface area contributed by atoms with E-state index in [4.69, 9.17) is 0 Å². The van der Waals surface area contributed by atoms with Crippen molar-refractivity contribution in [3.63, 3.8) is 0 Å². The molecule has 3 rings (SSSR count). The summed E-state index contributed by atoms with van der Waals surface area (Å²) in [4.78, 5) is 16.7. The van der Waals surface area contributed by atoms with Gasteiger partial charge in [-0.1, -0.05) is 53.7 Å². The van der Waals surface area contributed by atoms with E-state index in [-0.39, 0.29) is 11.2 Å². The van der Waals surface area contributed by atoms with Crippen LogP contribution in [0.25, 0.3) is 11.4 Å². The Hall–Kier alpha value is -2.08. The molecule has 1 atom stereocenters. The minimum Gasteiger partial charge on any atom is -0.355 e. The van der Waals surface area contributed by atoms with Crippen LogP contribution in [0.15, 0.2) is 47.1 Å². The summed E-state index contributed by atoms with van der Waals surface area (Å²) in [7, 11) is 0. The highest BCUT2D eigenvalue weighted by Gasteiger charge is 2.17. The first-order valence-electron chi connectivity index (χ1n) is 8.82. The van der Waals surface area contributed by atoms with Crippen molar-refractivity contribution in [1.82, 2.24) is 20.5 Å². The quantitative estimate of drug-likeness (QED) is 0.582. The first-order chi connectivity index (χ1) is 12.2. The van der Waals surface area contributed by atoms with Crippen molar-refractivity contribution in [2.24, 2.45) is 0 Å². The number of carbonyl (C=O) groups is 1. The van der Waals surface area contributed by atoms with Crippen LogP contribution in [-0.2, 0) is 4.79 Å². The molecule has 1 heterocycles. The van der Waals surface area contributed by atoms with E-state index in [0.717, 1.165) is 17.8 Å². The van der Waals surface area contributed by atoms with Crippen LogP contribution in [0.3, 0.4) is 0 Å². The van der Waals surface area contributed by atoms with Gasteiger partial charge in [0.1, 0.15) is 0 Å². The number of H-pyrrole nitrogens is 1. The Morgan fingerprint density at radius 3 is 2.92 bits per heavy atom. The molecule has 1 aromatic heterocycles. The molecule has 1 aliphatic rings. The van der Waals surface area contributed by atoms with Crippen LogP contribution in [-0.4, -0.2) is 32.9 Å². The highest BCUT2D eigenvalue weighted by atomic mass is 32.2. The van der Waals surface area contributed by atoms with Gasteiger partial charge in [-0.2, -0.15) is 0 Å². The molecule has 0 saturated carbocycles. The summed E-state index contributed by atoms with van der Waals surface area (Å²) in [6.07, 6.45) is 8.23. The number of nitrogens with one attached hydrogen (secondary N) is 2. The van der Waals surface area contributed by atoms with Crippen LogP contribution in [0.4, 0.5) is 0 Å². The molecule has 2 aromatic rings. The molecule has 1 amide bonds. The number of rotatable bonds is 7. The Balaban J connectivity index is 1.46. The van der Waals surface area contributed by atoms with Crippen LogP contribution in [0.2, 0.25) is 0 Å². The maximum atomic E-state index is 12.2. The molecule has 0 radical (unpaired) electrons. The van der Waals surface area contributed by atoms with Crippen LogP contribution in [0, 0.1) is 0 Å². The first kappa shape index (κ1) is 17.7. The van der Waals surface area contributed by atoms with E-state index in [1.165, 1.54) is 43.0 Å². The fourth-order valence-electron chi connectivity index (χ4n) is 2.86. The van der Waals surface area contributed by atoms with Gasteiger partial charge in [-0.3, -0.25) is 9.89 Å². The number of hydrogen-bond acceptors (Lipinski definition) is 4. The van der Waals surface area contributed by atoms with E-state index in [1.807, 2.05) is 37.3 Å². The van der Waals surface area contributed by atoms with Crippen molar-refractivity contribution in [2.75, 3.05) is 6.54 Å². The molecule has 6 heteroatoms. The molecule has 132 valence electrons. The number of allylic oxidation sites excluding steroid dienone is 1. The Bertz CT molecular complexity index is 726. The number of carbonyl (C=O) groups excluding carboxylic acids is 1. The summed E-state index contributed by atoms with van der Waals surface area (Å²) in [5, 5.41) is 10.5. The van der Waals surface area contributed by atoms with E-state index in [0.29, 0.717) is 11.7 Å². The van der Waals surface area contributed by atoms with Crippen molar-refractivity contribution < 1.29 is 4.79 Å². The van der Waals surface area contributed by atoms with E-state index in [1.54, 1.807) is 0 Å². The number of aromatic amines is 1. The number of nitrogens with zero attached hydrogens (tertiary/aromatic N) is 2. The van der Waals surface area contributed by atoms with E-state index in [2.05, 4.69) is 26.6 Å². The van der Waals surface area contributed by atoms with E-state index < -0.39 is 0 Å². The lowest BCUT2D eigenvalue weighted by Gasteiger charge is -2.14. The molecule has 0 unspecified atom stereocenters. The lowest BCUT2D eigenvalue weighted by atomic mass is 9.97. The summed E-state index contributed by atoms with van der Waals surface area (Å²) in [5.74, 6) is 0.757. The second-order valence-electron chi connectivity index (χ2n) is 6.24. The zero-order chi connectivity index (χ0) is 17.5. The standard InChI is InChI=1S/C19H24N4OS/c1-14(18(24)20-13-12-15-8-4-2-5-9-15)25-19-21-17(22-23-19)16-10-6-3-7-11-16/h3,6-8,10-11,14H,2,4-5,9,12-13H2,1H3,(H,20,24)(H,21,22,23)/t14-/m1/s1. The van der Waals surface area contributed by atoms with Crippen LogP contribution in [0.5, 0.6) is 0 Å². The summed E-state index contributed by atoms with van der Waals surface area (Å²) in [6.45, 7) is 2.59. The fourth-order valence-corrected chi connectivity index (χ4v) is 3.61. The zero-order valence-electron chi connectivity index (χ0n) is 14.5.